The zero-order valence-electron chi connectivity index (χ0n) is 12.2. The van der Waals surface area contributed by atoms with Gasteiger partial charge in [-0.15, -0.1) is 0 Å². The van der Waals surface area contributed by atoms with E-state index in [1.165, 1.54) is 12.3 Å². The van der Waals surface area contributed by atoms with Crippen LogP contribution in [0.3, 0.4) is 0 Å². The predicted molar refractivity (Wildman–Crippen MR) is 91.4 cm³/mol. The van der Waals surface area contributed by atoms with Crippen LogP contribution in [0.5, 0.6) is 5.75 Å². The SMILES string of the molecule is Cc1ccc(NC(=O)C(=O)N/N=C/c2cc(Br)ccc2O)cc1. The van der Waals surface area contributed by atoms with Crippen molar-refractivity contribution in [3.63, 3.8) is 0 Å². The first-order valence-electron chi connectivity index (χ1n) is 6.65. The lowest BCUT2D eigenvalue weighted by molar-refractivity contribution is -0.136. The lowest BCUT2D eigenvalue weighted by Gasteiger charge is -2.04. The highest BCUT2D eigenvalue weighted by Crippen LogP contribution is 2.19. The normalized spacial score (nSPS) is 10.5. The number of carbonyl (C=O) groups is 2. The first-order chi connectivity index (χ1) is 11.0. The minimum Gasteiger partial charge on any atom is -0.507 e. The van der Waals surface area contributed by atoms with Gasteiger partial charge in [0.05, 0.1) is 6.21 Å². The molecule has 118 valence electrons. The summed E-state index contributed by atoms with van der Waals surface area (Å²) in [6.45, 7) is 1.92. The van der Waals surface area contributed by atoms with Crippen molar-refractivity contribution < 1.29 is 14.7 Å². The van der Waals surface area contributed by atoms with E-state index in [1.807, 2.05) is 19.1 Å². The van der Waals surface area contributed by atoms with Gasteiger partial charge in [-0.2, -0.15) is 5.10 Å². The van der Waals surface area contributed by atoms with Gasteiger partial charge >= 0.3 is 11.8 Å². The van der Waals surface area contributed by atoms with E-state index in [9.17, 15) is 14.7 Å². The third kappa shape index (κ3) is 4.93. The summed E-state index contributed by atoms with van der Waals surface area (Å²) >= 11 is 3.26. The number of hydrogen-bond acceptors (Lipinski definition) is 4. The summed E-state index contributed by atoms with van der Waals surface area (Å²) in [5.41, 5.74) is 4.07. The molecule has 0 bridgehead atoms. The van der Waals surface area contributed by atoms with E-state index >= 15 is 0 Å². The highest BCUT2D eigenvalue weighted by molar-refractivity contribution is 9.10. The van der Waals surface area contributed by atoms with Gasteiger partial charge in [0.15, 0.2) is 0 Å². The highest BCUT2D eigenvalue weighted by atomic mass is 79.9. The Balaban J connectivity index is 1.93. The van der Waals surface area contributed by atoms with Crippen LogP contribution in [0.1, 0.15) is 11.1 Å². The quantitative estimate of drug-likeness (QED) is 0.437. The van der Waals surface area contributed by atoms with Gasteiger partial charge in [0.2, 0.25) is 0 Å². The van der Waals surface area contributed by atoms with E-state index in [0.29, 0.717) is 11.3 Å². The van der Waals surface area contributed by atoms with Crippen molar-refractivity contribution in [2.75, 3.05) is 5.32 Å². The zero-order valence-corrected chi connectivity index (χ0v) is 13.8. The number of carbonyl (C=O) groups excluding carboxylic acids is 2. The molecule has 2 rings (SSSR count). The molecule has 0 saturated heterocycles. The molecule has 3 N–H and O–H groups in total. The Labute approximate surface area is 141 Å². The number of benzene rings is 2. The second-order valence-corrected chi connectivity index (χ2v) is 5.64. The van der Waals surface area contributed by atoms with Crippen LogP contribution in [0.4, 0.5) is 5.69 Å². The van der Waals surface area contributed by atoms with Crippen molar-refractivity contribution in [2.45, 2.75) is 6.92 Å². The van der Waals surface area contributed by atoms with Gasteiger partial charge in [-0.3, -0.25) is 9.59 Å². The minimum atomic E-state index is -0.906. The van der Waals surface area contributed by atoms with Gasteiger partial charge in [-0.25, -0.2) is 5.43 Å². The molecule has 0 unspecified atom stereocenters. The smallest absolute Gasteiger partial charge is 0.329 e. The Morgan fingerprint density at radius 2 is 1.83 bits per heavy atom. The molecule has 0 aliphatic carbocycles. The first kappa shape index (κ1) is 16.7. The van der Waals surface area contributed by atoms with Crippen LogP contribution in [0.2, 0.25) is 0 Å². The summed E-state index contributed by atoms with van der Waals surface area (Å²) in [5.74, 6) is -1.73. The van der Waals surface area contributed by atoms with Gasteiger partial charge < -0.3 is 10.4 Å². The van der Waals surface area contributed by atoms with Crippen LogP contribution < -0.4 is 10.7 Å². The topological polar surface area (TPSA) is 90.8 Å². The minimum absolute atomic E-state index is 0.00954. The molecule has 0 aromatic heterocycles. The summed E-state index contributed by atoms with van der Waals surface area (Å²) in [7, 11) is 0. The Morgan fingerprint density at radius 3 is 2.52 bits per heavy atom. The highest BCUT2D eigenvalue weighted by Gasteiger charge is 2.12. The summed E-state index contributed by atoms with van der Waals surface area (Å²) in [6.07, 6.45) is 1.25. The molecule has 0 spiro atoms. The molecule has 0 aliphatic rings. The third-order valence-electron chi connectivity index (χ3n) is 2.87. The number of amides is 2. The number of phenolic OH excluding ortho intramolecular Hbond substituents is 1. The molecule has 0 atom stereocenters. The van der Waals surface area contributed by atoms with Gasteiger partial charge in [0.1, 0.15) is 5.75 Å². The molecule has 0 fully saturated rings. The zero-order chi connectivity index (χ0) is 16.8. The van der Waals surface area contributed by atoms with Crippen LogP contribution in [-0.2, 0) is 9.59 Å². The predicted octanol–water partition coefficient (Wildman–Crippen LogP) is 2.55. The maximum absolute atomic E-state index is 11.7. The number of nitrogens with zero attached hydrogens (tertiary/aromatic N) is 1. The molecule has 2 aromatic rings. The second kappa shape index (κ2) is 7.55. The number of halogens is 1. The fraction of sp³-hybridized carbons (Fsp3) is 0.0625. The van der Waals surface area contributed by atoms with Crippen LogP contribution in [0.25, 0.3) is 0 Å². The number of phenols is 1. The Hall–Kier alpha value is -2.67. The summed E-state index contributed by atoms with van der Waals surface area (Å²) in [6, 6.07) is 11.8. The number of nitrogens with one attached hydrogen (secondary N) is 2. The van der Waals surface area contributed by atoms with E-state index in [4.69, 9.17) is 0 Å². The molecule has 2 amide bonds. The van der Waals surface area contributed by atoms with E-state index in [2.05, 4.69) is 31.8 Å². The summed E-state index contributed by atoms with van der Waals surface area (Å²) in [4.78, 5) is 23.4. The average Bonchev–Trinajstić information content (AvgIpc) is 2.52. The number of aromatic hydroxyl groups is 1. The fourth-order valence-electron chi connectivity index (χ4n) is 1.66. The third-order valence-corrected chi connectivity index (χ3v) is 3.37. The molecule has 0 aliphatic heterocycles. The lowest BCUT2D eigenvalue weighted by atomic mass is 10.2. The number of rotatable bonds is 3. The number of hydrazone groups is 1. The maximum Gasteiger partial charge on any atom is 0.329 e. The van der Waals surface area contributed by atoms with Crippen LogP contribution in [0.15, 0.2) is 52.0 Å². The number of hydrogen-bond donors (Lipinski definition) is 3. The number of anilines is 1. The maximum atomic E-state index is 11.7. The van der Waals surface area contributed by atoms with E-state index in [0.717, 1.165) is 10.0 Å². The van der Waals surface area contributed by atoms with Gasteiger partial charge in [0, 0.05) is 15.7 Å². The summed E-state index contributed by atoms with van der Waals surface area (Å²) < 4.78 is 0.750. The molecule has 0 radical (unpaired) electrons. The van der Waals surface area contributed by atoms with Crippen molar-refractivity contribution in [2.24, 2.45) is 5.10 Å². The molecule has 7 heteroatoms. The first-order valence-corrected chi connectivity index (χ1v) is 7.44. The van der Waals surface area contributed by atoms with Crippen molar-refractivity contribution in [3.05, 3.63) is 58.1 Å². The molecule has 0 saturated carbocycles. The number of aryl methyl sites for hydroxylation is 1. The molecular formula is C16H14BrN3O3. The average molecular weight is 376 g/mol. The standard InChI is InChI=1S/C16H14BrN3O3/c1-10-2-5-13(6-3-10)19-15(22)16(23)20-18-9-11-8-12(17)4-7-14(11)21/h2-9,21H,1H3,(H,19,22)(H,20,23)/b18-9+. The van der Waals surface area contributed by atoms with Crippen molar-refractivity contribution in [1.29, 1.82) is 0 Å². The van der Waals surface area contributed by atoms with Crippen molar-refractivity contribution in [1.82, 2.24) is 5.43 Å². The molecule has 6 nitrogen and oxygen atoms in total. The largest absolute Gasteiger partial charge is 0.507 e. The lowest BCUT2D eigenvalue weighted by Crippen LogP contribution is -2.32. The van der Waals surface area contributed by atoms with Crippen LogP contribution in [-0.4, -0.2) is 23.1 Å². The second-order valence-electron chi connectivity index (χ2n) is 4.72. The monoisotopic (exact) mass is 375 g/mol. The summed E-state index contributed by atoms with van der Waals surface area (Å²) in [5, 5.41) is 15.7. The fourth-order valence-corrected chi connectivity index (χ4v) is 2.04. The van der Waals surface area contributed by atoms with Crippen molar-refractivity contribution in [3.8, 4) is 5.75 Å². The van der Waals surface area contributed by atoms with E-state index in [-0.39, 0.29) is 5.75 Å². The Kier molecular flexibility index (Phi) is 5.48. The molecular weight excluding hydrogens is 362 g/mol. The van der Waals surface area contributed by atoms with Crippen LogP contribution >= 0.6 is 15.9 Å². The van der Waals surface area contributed by atoms with Crippen LogP contribution in [0, 0.1) is 6.92 Å². The molecule has 23 heavy (non-hydrogen) atoms. The van der Waals surface area contributed by atoms with Gasteiger partial charge in [0.25, 0.3) is 0 Å². The molecule has 0 heterocycles. The van der Waals surface area contributed by atoms with Gasteiger partial charge in [-0.1, -0.05) is 33.6 Å². The van der Waals surface area contributed by atoms with Crippen molar-refractivity contribution >= 4 is 39.6 Å². The van der Waals surface area contributed by atoms with Gasteiger partial charge in [-0.05, 0) is 37.3 Å². The Morgan fingerprint density at radius 1 is 1.13 bits per heavy atom. The van der Waals surface area contributed by atoms with E-state index < -0.39 is 11.8 Å². The molecule has 2 aromatic carbocycles. The van der Waals surface area contributed by atoms with E-state index in [1.54, 1.807) is 24.3 Å². The Bertz CT molecular complexity index is 758.